The lowest BCUT2D eigenvalue weighted by Gasteiger charge is -2.22. The van der Waals surface area contributed by atoms with Crippen molar-refractivity contribution < 1.29 is 0 Å². The largest absolute Gasteiger partial charge is 0.307 e. The SMILES string of the molecule is c1ccc(CNCc2csc(C3CCC3)n2)cc1. The van der Waals surface area contributed by atoms with Crippen LogP contribution in [-0.2, 0) is 13.1 Å². The molecular weight excluding hydrogens is 240 g/mol. The molecule has 1 fully saturated rings. The van der Waals surface area contributed by atoms with E-state index >= 15 is 0 Å². The van der Waals surface area contributed by atoms with Crippen molar-refractivity contribution in [3.8, 4) is 0 Å². The Morgan fingerprint density at radius 2 is 2.00 bits per heavy atom. The van der Waals surface area contributed by atoms with E-state index in [1.165, 1.54) is 35.5 Å². The fourth-order valence-electron chi connectivity index (χ4n) is 2.18. The summed E-state index contributed by atoms with van der Waals surface area (Å²) in [7, 11) is 0. The lowest BCUT2D eigenvalue weighted by Crippen LogP contribution is -2.13. The van der Waals surface area contributed by atoms with Gasteiger partial charge < -0.3 is 5.32 Å². The molecule has 0 amide bonds. The number of benzene rings is 1. The summed E-state index contributed by atoms with van der Waals surface area (Å²) in [5.41, 5.74) is 2.52. The Balaban J connectivity index is 1.49. The smallest absolute Gasteiger partial charge is 0.0959 e. The first-order valence-corrected chi connectivity index (χ1v) is 7.49. The molecule has 0 bridgehead atoms. The van der Waals surface area contributed by atoms with Gasteiger partial charge in [-0.2, -0.15) is 0 Å². The second kappa shape index (κ2) is 5.63. The van der Waals surface area contributed by atoms with Crippen molar-refractivity contribution in [3.05, 3.63) is 52.0 Å². The van der Waals surface area contributed by atoms with Crippen molar-refractivity contribution in [2.75, 3.05) is 0 Å². The maximum Gasteiger partial charge on any atom is 0.0959 e. The summed E-state index contributed by atoms with van der Waals surface area (Å²) in [5.74, 6) is 0.762. The molecule has 2 aromatic rings. The van der Waals surface area contributed by atoms with Crippen LogP contribution in [0, 0.1) is 0 Å². The van der Waals surface area contributed by atoms with Crippen LogP contribution in [0.3, 0.4) is 0 Å². The van der Waals surface area contributed by atoms with Crippen LogP contribution < -0.4 is 5.32 Å². The predicted octanol–water partition coefficient (Wildman–Crippen LogP) is 3.70. The third-order valence-corrected chi connectivity index (χ3v) is 4.56. The van der Waals surface area contributed by atoms with Gasteiger partial charge in [0.1, 0.15) is 0 Å². The van der Waals surface area contributed by atoms with Gasteiger partial charge in [0.15, 0.2) is 0 Å². The molecule has 1 aliphatic rings. The van der Waals surface area contributed by atoms with Gasteiger partial charge in [0.2, 0.25) is 0 Å². The van der Waals surface area contributed by atoms with Crippen LogP contribution in [0.4, 0.5) is 0 Å². The normalized spacial score (nSPS) is 15.6. The van der Waals surface area contributed by atoms with Crippen molar-refractivity contribution in [2.45, 2.75) is 38.3 Å². The number of hydrogen-bond donors (Lipinski definition) is 1. The topological polar surface area (TPSA) is 24.9 Å². The van der Waals surface area contributed by atoms with E-state index in [1.807, 2.05) is 11.3 Å². The van der Waals surface area contributed by atoms with Crippen molar-refractivity contribution >= 4 is 11.3 Å². The number of nitrogens with one attached hydrogen (secondary N) is 1. The van der Waals surface area contributed by atoms with E-state index in [0.29, 0.717) is 0 Å². The molecule has 1 aromatic carbocycles. The average molecular weight is 258 g/mol. The van der Waals surface area contributed by atoms with Gasteiger partial charge in [-0.1, -0.05) is 36.8 Å². The summed E-state index contributed by atoms with van der Waals surface area (Å²) in [5, 5.41) is 7.00. The molecule has 0 radical (unpaired) electrons. The third kappa shape index (κ3) is 2.79. The van der Waals surface area contributed by atoms with E-state index in [-0.39, 0.29) is 0 Å². The van der Waals surface area contributed by atoms with Crippen LogP contribution in [-0.4, -0.2) is 4.98 Å². The molecule has 0 atom stereocenters. The first kappa shape index (κ1) is 11.9. The van der Waals surface area contributed by atoms with Crippen molar-refractivity contribution in [1.29, 1.82) is 0 Å². The zero-order chi connectivity index (χ0) is 12.2. The Morgan fingerprint density at radius 1 is 1.17 bits per heavy atom. The van der Waals surface area contributed by atoms with Gasteiger partial charge in [-0.15, -0.1) is 11.3 Å². The van der Waals surface area contributed by atoms with Gasteiger partial charge in [0, 0.05) is 24.4 Å². The highest BCUT2D eigenvalue weighted by Crippen LogP contribution is 2.37. The van der Waals surface area contributed by atoms with Gasteiger partial charge in [0.05, 0.1) is 10.7 Å². The van der Waals surface area contributed by atoms with E-state index < -0.39 is 0 Å². The second-order valence-electron chi connectivity index (χ2n) is 4.89. The Kier molecular flexibility index (Phi) is 3.72. The molecule has 1 aliphatic carbocycles. The first-order valence-electron chi connectivity index (χ1n) is 6.61. The number of aromatic nitrogens is 1. The van der Waals surface area contributed by atoms with Crippen molar-refractivity contribution in [3.63, 3.8) is 0 Å². The van der Waals surface area contributed by atoms with Crippen molar-refractivity contribution in [1.82, 2.24) is 10.3 Å². The van der Waals surface area contributed by atoms with Crippen LogP contribution in [0.15, 0.2) is 35.7 Å². The molecule has 3 rings (SSSR count). The van der Waals surface area contributed by atoms with Crippen LogP contribution in [0.25, 0.3) is 0 Å². The predicted molar refractivity (Wildman–Crippen MR) is 75.7 cm³/mol. The molecule has 0 saturated heterocycles. The number of hydrogen-bond acceptors (Lipinski definition) is 3. The summed E-state index contributed by atoms with van der Waals surface area (Å²) in [4.78, 5) is 4.72. The molecular formula is C15H18N2S. The van der Waals surface area contributed by atoms with Crippen LogP contribution in [0.5, 0.6) is 0 Å². The molecule has 3 heteroatoms. The standard InChI is InChI=1S/C15H18N2S/c1-2-5-12(6-3-1)9-16-10-14-11-18-15(17-14)13-7-4-8-13/h1-3,5-6,11,13,16H,4,7-10H2. The van der Waals surface area contributed by atoms with E-state index in [0.717, 1.165) is 19.0 Å². The summed E-state index contributed by atoms with van der Waals surface area (Å²) in [6.45, 7) is 1.79. The van der Waals surface area contributed by atoms with E-state index in [4.69, 9.17) is 4.98 Å². The Hall–Kier alpha value is -1.19. The Bertz CT molecular complexity index is 488. The molecule has 1 N–H and O–H groups in total. The van der Waals surface area contributed by atoms with Crippen LogP contribution in [0.1, 0.15) is 41.4 Å². The van der Waals surface area contributed by atoms with E-state index in [2.05, 4.69) is 41.0 Å². The summed E-state index contributed by atoms with van der Waals surface area (Å²) >= 11 is 1.83. The average Bonchev–Trinajstić information content (AvgIpc) is 2.77. The molecule has 2 nitrogen and oxygen atoms in total. The van der Waals surface area contributed by atoms with Crippen LogP contribution in [0.2, 0.25) is 0 Å². The molecule has 94 valence electrons. The number of thiazole rings is 1. The summed E-state index contributed by atoms with van der Waals surface area (Å²) in [6.07, 6.45) is 4.06. The minimum Gasteiger partial charge on any atom is -0.307 e. The fourth-order valence-corrected chi connectivity index (χ4v) is 3.17. The third-order valence-electron chi connectivity index (χ3n) is 3.50. The maximum atomic E-state index is 4.72. The van der Waals surface area contributed by atoms with Gasteiger partial charge in [-0.3, -0.25) is 0 Å². The Morgan fingerprint density at radius 3 is 2.72 bits per heavy atom. The molecule has 1 heterocycles. The van der Waals surface area contributed by atoms with E-state index in [9.17, 15) is 0 Å². The molecule has 0 aliphatic heterocycles. The monoisotopic (exact) mass is 258 g/mol. The molecule has 18 heavy (non-hydrogen) atoms. The van der Waals surface area contributed by atoms with Crippen molar-refractivity contribution in [2.24, 2.45) is 0 Å². The molecule has 1 aromatic heterocycles. The first-order chi connectivity index (χ1) is 8.92. The van der Waals surface area contributed by atoms with Gasteiger partial charge in [-0.25, -0.2) is 4.98 Å². The fraction of sp³-hybridized carbons (Fsp3) is 0.400. The number of rotatable bonds is 5. The maximum absolute atomic E-state index is 4.72. The second-order valence-corrected chi connectivity index (χ2v) is 5.78. The Labute approximate surface area is 112 Å². The molecule has 0 unspecified atom stereocenters. The highest BCUT2D eigenvalue weighted by molar-refractivity contribution is 7.09. The minimum atomic E-state index is 0.762. The van der Waals surface area contributed by atoms with E-state index in [1.54, 1.807) is 0 Å². The molecule has 0 spiro atoms. The highest BCUT2D eigenvalue weighted by Gasteiger charge is 2.22. The van der Waals surface area contributed by atoms with Gasteiger partial charge in [0.25, 0.3) is 0 Å². The van der Waals surface area contributed by atoms with Gasteiger partial charge >= 0.3 is 0 Å². The zero-order valence-corrected chi connectivity index (χ0v) is 11.2. The summed E-state index contributed by atoms with van der Waals surface area (Å²) in [6, 6.07) is 10.5. The minimum absolute atomic E-state index is 0.762. The van der Waals surface area contributed by atoms with Gasteiger partial charge in [-0.05, 0) is 18.4 Å². The lowest BCUT2D eigenvalue weighted by molar-refractivity contribution is 0.417. The zero-order valence-electron chi connectivity index (χ0n) is 10.4. The highest BCUT2D eigenvalue weighted by atomic mass is 32.1. The quantitative estimate of drug-likeness (QED) is 0.884. The van der Waals surface area contributed by atoms with Crippen LogP contribution >= 0.6 is 11.3 Å². The summed E-state index contributed by atoms with van der Waals surface area (Å²) < 4.78 is 0. The lowest BCUT2D eigenvalue weighted by atomic mass is 9.86. The number of nitrogens with zero attached hydrogens (tertiary/aromatic N) is 1. The molecule has 1 saturated carbocycles.